The molecule has 5 heteroatoms. The maximum Gasteiger partial charge on any atom is 0.275 e. The van der Waals surface area contributed by atoms with Crippen LogP contribution in [-0.2, 0) is 0 Å². The first kappa shape index (κ1) is 17.5. The number of benzene rings is 3. The van der Waals surface area contributed by atoms with Gasteiger partial charge in [0.05, 0.1) is 18.4 Å². The smallest absolute Gasteiger partial charge is 0.275 e. The third-order valence-electron chi connectivity index (χ3n) is 4.16. The first-order valence-electron chi connectivity index (χ1n) is 8.35. The highest BCUT2D eigenvalue weighted by Crippen LogP contribution is 2.25. The molecule has 0 radical (unpaired) electrons. The lowest BCUT2D eigenvalue weighted by molar-refractivity contribution is 0.0952. The number of methoxy groups -OCH3 is 1. The van der Waals surface area contributed by atoms with Crippen LogP contribution in [0.25, 0.3) is 10.8 Å². The van der Waals surface area contributed by atoms with E-state index >= 15 is 0 Å². The van der Waals surface area contributed by atoms with E-state index in [1.807, 2.05) is 55.5 Å². The van der Waals surface area contributed by atoms with Crippen LogP contribution in [0.15, 0.2) is 65.8 Å². The number of rotatable bonds is 5. The fraction of sp³-hybridized carbons (Fsp3) is 0.143. The third kappa shape index (κ3) is 3.67. The molecule has 0 atom stereocenters. The highest BCUT2D eigenvalue weighted by molar-refractivity contribution is 6.04. The highest BCUT2D eigenvalue weighted by Gasteiger charge is 2.12. The zero-order valence-corrected chi connectivity index (χ0v) is 14.7. The van der Waals surface area contributed by atoms with Crippen LogP contribution in [0.4, 0.5) is 0 Å². The molecule has 0 spiro atoms. The van der Waals surface area contributed by atoms with Crippen molar-refractivity contribution in [1.82, 2.24) is 5.43 Å². The van der Waals surface area contributed by atoms with Gasteiger partial charge in [-0.2, -0.15) is 5.10 Å². The first-order valence-corrected chi connectivity index (χ1v) is 8.35. The van der Waals surface area contributed by atoms with Crippen LogP contribution in [0.2, 0.25) is 0 Å². The van der Waals surface area contributed by atoms with Crippen LogP contribution in [0, 0.1) is 0 Å². The van der Waals surface area contributed by atoms with E-state index in [2.05, 4.69) is 10.5 Å². The SMILES string of the molecule is CC/C(=N\NC(=O)c1cc2ccccc2cc1O)c1ccc(OC)cc1. The van der Waals surface area contributed by atoms with E-state index in [0.29, 0.717) is 6.42 Å². The van der Waals surface area contributed by atoms with Gasteiger partial charge in [0.1, 0.15) is 11.5 Å². The van der Waals surface area contributed by atoms with Crippen molar-refractivity contribution in [3.05, 3.63) is 71.8 Å². The molecular formula is C21H20N2O3. The Labute approximate surface area is 151 Å². The number of aromatic hydroxyl groups is 1. The Bertz CT molecular complexity index is 963. The van der Waals surface area contributed by atoms with E-state index in [0.717, 1.165) is 27.8 Å². The molecule has 3 rings (SSSR count). The standard InChI is InChI=1S/C21H20N2O3/c1-3-19(14-8-10-17(26-2)11-9-14)22-23-21(25)18-12-15-6-4-5-7-16(15)13-20(18)24/h4-13,24H,3H2,1-2H3,(H,23,25)/b22-19+. The molecule has 0 bridgehead atoms. The number of phenols is 1. The normalized spacial score (nSPS) is 11.4. The van der Waals surface area contributed by atoms with E-state index in [-0.39, 0.29) is 11.3 Å². The Balaban J connectivity index is 1.83. The maximum atomic E-state index is 12.5. The topological polar surface area (TPSA) is 70.9 Å². The molecular weight excluding hydrogens is 328 g/mol. The molecule has 0 aliphatic rings. The number of hydrogen-bond donors (Lipinski definition) is 2. The monoisotopic (exact) mass is 348 g/mol. The van der Waals surface area contributed by atoms with Crippen LogP contribution in [-0.4, -0.2) is 23.8 Å². The van der Waals surface area contributed by atoms with Crippen molar-refractivity contribution in [3.63, 3.8) is 0 Å². The second kappa shape index (κ2) is 7.70. The molecule has 0 heterocycles. The van der Waals surface area contributed by atoms with Gasteiger partial charge in [-0.05, 0) is 59.2 Å². The molecule has 2 N–H and O–H groups in total. The Morgan fingerprint density at radius 2 is 1.73 bits per heavy atom. The highest BCUT2D eigenvalue weighted by atomic mass is 16.5. The van der Waals surface area contributed by atoms with Crippen LogP contribution in [0.1, 0.15) is 29.3 Å². The number of nitrogens with one attached hydrogen (secondary N) is 1. The van der Waals surface area contributed by atoms with Gasteiger partial charge < -0.3 is 9.84 Å². The number of hydrazone groups is 1. The number of hydrogen-bond acceptors (Lipinski definition) is 4. The second-order valence-corrected chi connectivity index (χ2v) is 5.80. The molecule has 1 amide bonds. The molecule has 0 saturated heterocycles. The average Bonchev–Trinajstić information content (AvgIpc) is 2.68. The summed E-state index contributed by atoms with van der Waals surface area (Å²) in [7, 11) is 1.61. The Hall–Kier alpha value is -3.34. The number of nitrogens with zero attached hydrogens (tertiary/aromatic N) is 1. The lowest BCUT2D eigenvalue weighted by Gasteiger charge is -2.08. The average molecular weight is 348 g/mol. The molecule has 0 aliphatic heterocycles. The van der Waals surface area contributed by atoms with Gasteiger partial charge in [-0.25, -0.2) is 5.43 Å². The minimum absolute atomic E-state index is 0.0705. The van der Waals surface area contributed by atoms with Crippen LogP contribution in [0.5, 0.6) is 11.5 Å². The fourth-order valence-electron chi connectivity index (χ4n) is 2.72. The summed E-state index contributed by atoms with van der Waals surface area (Å²) < 4.78 is 5.15. The van der Waals surface area contributed by atoms with E-state index in [1.165, 1.54) is 0 Å². The molecule has 3 aromatic carbocycles. The zero-order chi connectivity index (χ0) is 18.5. The number of phenolic OH excluding ortho intramolecular Hbond substituents is 1. The van der Waals surface area contributed by atoms with Gasteiger partial charge in [0.2, 0.25) is 0 Å². The summed E-state index contributed by atoms with van der Waals surface area (Å²) in [6, 6.07) is 18.3. The Morgan fingerprint density at radius 1 is 1.08 bits per heavy atom. The number of carbonyl (C=O) groups is 1. The van der Waals surface area contributed by atoms with Gasteiger partial charge in [0, 0.05) is 0 Å². The summed E-state index contributed by atoms with van der Waals surface area (Å²) in [6.07, 6.45) is 0.649. The number of ether oxygens (including phenoxy) is 1. The summed E-state index contributed by atoms with van der Waals surface area (Å²) >= 11 is 0. The van der Waals surface area contributed by atoms with Crippen LogP contribution in [0.3, 0.4) is 0 Å². The van der Waals surface area contributed by atoms with E-state index in [9.17, 15) is 9.90 Å². The van der Waals surface area contributed by atoms with Gasteiger partial charge in [-0.15, -0.1) is 0 Å². The lowest BCUT2D eigenvalue weighted by atomic mass is 10.1. The first-order chi connectivity index (χ1) is 12.6. The summed E-state index contributed by atoms with van der Waals surface area (Å²) in [5, 5.41) is 16.1. The predicted molar refractivity (Wildman–Crippen MR) is 103 cm³/mol. The molecule has 5 nitrogen and oxygen atoms in total. The van der Waals surface area contributed by atoms with Gasteiger partial charge in [0.15, 0.2) is 0 Å². The van der Waals surface area contributed by atoms with E-state index in [1.54, 1.807) is 19.2 Å². The lowest BCUT2D eigenvalue weighted by Crippen LogP contribution is -2.20. The van der Waals surface area contributed by atoms with Crippen molar-refractivity contribution < 1.29 is 14.6 Å². The maximum absolute atomic E-state index is 12.5. The van der Waals surface area contributed by atoms with Crippen molar-refractivity contribution in [2.75, 3.05) is 7.11 Å². The summed E-state index contributed by atoms with van der Waals surface area (Å²) in [6.45, 7) is 1.96. The van der Waals surface area contributed by atoms with Crippen molar-refractivity contribution in [2.45, 2.75) is 13.3 Å². The molecule has 0 aromatic heterocycles. The van der Waals surface area contributed by atoms with Crippen LogP contribution < -0.4 is 10.2 Å². The fourth-order valence-corrected chi connectivity index (χ4v) is 2.72. The van der Waals surface area contributed by atoms with Crippen molar-refractivity contribution in [2.24, 2.45) is 5.10 Å². The quantitative estimate of drug-likeness (QED) is 0.539. The van der Waals surface area contributed by atoms with Crippen LogP contribution >= 0.6 is 0 Å². The van der Waals surface area contributed by atoms with Crippen molar-refractivity contribution in [3.8, 4) is 11.5 Å². The largest absolute Gasteiger partial charge is 0.507 e. The Kier molecular flexibility index (Phi) is 5.17. The summed E-state index contributed by atoms with van der Waals surface area (Å²) in [5.74, 6) is 0.237. The third-order valence-corrected chi connectivity index (χ3v) is 4.16. The summed E-state index contributed by atoms with van der Waals surface area (Å²) in [5.41, 5.74) is 4.37. The Morgan fingerprint density at radius 3 is 2.35 bits per heavy atom. The number of amides is 1. The molecule has 26 heavy (non-hydrogen) atoms. The minimum atomic E-state index is -0.451. The van der Waals surface area contributed by atoms with E-state index < -0.39 is 5.91 Å². The minimum Gasteiger partial charge on any atom is -0.507 e. The molecule has 132 valence electrons. The van der Waals surface area contributed by atoms with Gasteiger partial charge >= 0.3 is 0 Å². The van der Waals surface area contributed by atoms with Crippen molar-refractivity contribution in [1.29, 1.82) is 0 Å². The number of carbonyl (C=O) groups excluding carboxylic acids is 1. The van der Waals surface area contributed by atoms with Gasteiger partial charge in [-0.1, -0.05) is 31.2 Å². The molecule has 0 aliphatic carbocycles. The predicted octanol–water partition coefficient (Wildman–Crippen LogP) is 4.10. The van der Waals surface area contributed by atoms with Crippen molar-refractivity contribution >= 4 is 22.4 Å². The molecule has 0 unspecified atom stereocenters. The second-order valence-electron chi connectivity index (χ2n) is 5.80. The molecule has 0 saturated carbocycles. The van der Waals surface area contributed by atoms with E-state index in [4.69, 9.17) is 4.74 Å². The van der Waals surface area contributed by atoms with Gasteiger partial charge in [-0.3, -0.25) is 4.79 Å². The van der Waals surface area contributed by atoms with Gasteiger partial charge in [0.25, 0.3) is 5.91 Å². The number of fused-ring (bicyclic) bond motifs is 1. The molecule has 0 fully saturated rings. The molecule has 3 aromatic rings. The zero-order valence-electron chi connectivity index (χ0n) is 14.7. The summed E-state index contributed by atoms with van der Waals surface area (Å²) in [4.78, 5) is 12.5.